The Labute approximate surface area is 83.3 Å². The Kier molecular flexibility index (Phi) is 5.57. The van der Waals surface area contributed by atoms with Gasteiger partial charge in [-0.25, -0.2) is 0 Å². The molecule has 0 aliphatic heterocycles. The first-order valence-corrected chi connectivity index (χ1v) is 5.45. The van der Waals surface area contributed by atoms with E-state index in [2.05, 4.69) is 39.9 Å². The van der Waals surface area contributed by atoms with Gasteiger partial charge < -0.3 is 11.1 Å². The second-order valence-electron chi connectivity index (χ2n) is 4.53. The van der Waals surface area contributed by atoms with Crippen molar-refractivity contribution >= 4 is 0 Å². The monoisotopic (exact) mass is 186 g/mol. The summed E-state index contributed by atoms with van der Waals surface area (Å²) in [4.78, 5) is 0. The molecule has 2 heteroatoms. The summed E-state index contributed by atoms with van der Waals surface area (Å²) in [5.74, 6) is 0. The third-order valence-corrected chi connectivity index (χ3v) is 3.26. The lowest BCUT2D eigenvalue weighted by atomic mass is 9.78. The molecule has 0 fully saturated rings. The fourth-order valence-electron chi connectivity index (χ4n) is 1.38. The number of hydrogen-bond donors (Lipinski definition) is 2. The van der Waals surface area contributed by atoms with Crippen LogP contribution in [0.1, 0.15) is 47.5 Å². The quantitative estimate of drug-likeness (QED) is 0.667. The Balaban J connectivity index is 3.99. The van der Waals surface area contributed by atoms with Crippen LogP contribution in [0.2, 0.25) is 0 Å². The maximum atomic E-state index is 6.16. The van der Waals surface area contributed by atoms with E-state index in [4.69, 9.17) is 5.73 Å². The zero-order valence-corrected chi connectivity index (χ0v) is 9.85. The second-order valence-corrected chi connectivity index (χ2v) is 4.53. The van der Waals surface area contributed by atoms with E-state index in [-0.39, 0.29) is 6.04 Å². The Morgan fingerprint density at radius 1 is 1.23 bits per heavy atom. The maximum Gasteiger partial charge on any atom is 0.0219 e. The highest BCUT2D eigenvalue weighted by Crippen LogP contribution is 2.28. The van der Waals surface area contributed by atoms with Gasteiger partial charge >= 0.3 is 0 Å². The van der Waals surface area contributed by atoms with Gasteiger partial charge in [-0.3, -0.25) is 0 Å². The van der Waals surface area contributed by atoms with Gasteiger partial charge in [0.1, 0.15) is 0 Å². The van der Waals surface area contributed by atoms with E-state index < -0.39 is 0 Å². The summed E-state index contributed by atoms with van der Waals surface area (Å²) in [6.45, 7) is 12.0. The minimum atomic E-state index is 0.268. The van der Waals surface area contributed by atoms with E-state index in [1.54, 1.807) is 0 Å². The van der Waals surface area contributed by atoms with Crippen LogP contribution in [0.25, 0.3) is 0 Å². The van der Waals surface area contributed by atoms with Crippen LogP contribution >= 0.6 is 0 Å². The summed E-state index contributed by atoms with van der Waals surface area (Å²) in [5.41, 5.74) is 6.45. The first-order valence-electron chi connectivity index (χ1n) is 5.45. The van der Waals surface area contributed by atoms with E-state index in [1.165, 1.54) is 0 Å². The topological polar surface area (TPSA) is 38.0 Å². The molecule has 0 aliphatic carbocycles. The molecule has 0 radical (unpaired) electrons. The highest BCUT2D eigenvalue weighted by atomic mass is 14.9. The number of hydrogen-bond acceptors (Lipinski definition) is 2. The Morgan fingerprint density at radius 3 is 2.00 bits per heavy atom. The SMILES string of the molecule is CCC(C)(CC)C(N)CNC(C)C. The second kappa shape index (κ2) is 5.61. The zero-order valence-electron chi connectivity index (χ0n) is 9.85. The van der Waals surface area contributed by atoms with E-state index in [0.29, 0.717) is 11.5 Å². The van der Waals surface area contributed by atoms with Gasteiger partial charge in [-0.1, -0.05) is 34.6 Å². The van der Waals surface area contributed by atoms with Crippen LogP contribution in [0.5, 0.6) is 0 Å². The molecule has 0 heterocycles. The molecule has 0 spiro atoms. The Morgan fingerprint density at radius 2 is 1.69 bits per heavy atom. The molecule has 0 aromatic carbocycles. The summed E-state index contributed by atoms with van der Waals surface area (Å²) in [7, 11) is 0. The van der Waals surface area contributed by atoms with Crippen molar-refractivity contribution in [3.05, 3.63) is 0 Å². The highest BCUT2D eigenvalue weighted by Gasteiger charge is 2.27. The first-order chi connectivity index (χ1) is 5.96. The highest BCUT2D eigenvalue weighted by molar-refractivity contribution is 4.85. The van der Waals surface area contributed by atoms with Gasteiger partial charge in [-0.2, -0.15) is 0 Å². The third-order valence-electron chi connectivity index (χ3n) is 3.26. The molecule has 0 aromatic heterocycles. The lowest BCUT2D eigenvalue weighted by Gasteiger charge is -2.34. The van der Waals surface area contributed by atoms with Crippen LogP contribution in [-0.4, -0.2) is 18.6 Å². The molecule has 3 N–H and O–H groups in total. The van der Waals surface area contributed by atoms with Gasteiger partial charge in [0.15, 0.2) is 0 Å². The van der Waals surface area contributed by atoms with Gasteiger partial charge in [0.2, 0.25) is 0 Å². The van der Waals surface area contributed by atoms with Crippen LogP contribution in [-0.2, 0) is 0 Å². The van der Waals surface area contributed by atoms with Crippen molar-refractivity contribution in [2.45, 2.75) is 59.5 Å². The van der Waals surface area contributed by atoms with Gasteiger partial charge in [-0.05, 0) is 18.3 Å². The summed E-state index contributed by atoms with van der Waals surface area (Å²) >= 11 is 0. The molecular formula is C11H26N2. The van der Waals surface area contributed by atoms with Crippen molar-refractivity contribution in [3.63, 3.8) is 0 Å². The molecule has 13 heavy (non-hydrogen) atoms. The minimum Gasteiger partial charge on any atom is -0.326 e. The van der Waals surface area contributed by atoms with Crippen LogP contribution in [0.15, 0.2) is 0 Å². The van der Waals surface area contributed by atoms with Gasteiger partial charge in [0.25, 0.3) is 0 Å². The summed E-state index contributed by atoms with van der Waals surface area (Å²) in [6.07, 6.45) is 2.31. The van der Waals surface area contributed by atoms with E-state index in [9.17, 15) is 0 Å². The molecular weight excluding hydrogens is 160 g/mol. The Bertz CT molecular complexity index is 128. The predicted octanol–water partition coefficient (Wildman–Crippen LogP) is 2.14. The number of nitrogens with one attached hydrogen (secondary N) is 1. The van der Waals surface area contributed by atoms with Gasteiger partial charge in [0, 0.05) is 18.6 Å². The predicted molar refractivity (Wildman–Crippen MR) is 59.8 cm³/mol. The Hall–Kier alpha value is -0.0800. The third kappa shape index (κ3) is 4.10. The molecule has 80 valence electrons. The van der Waals surface area contributed by atoms with Gasteiger partial charge in [0.05, 0.1) is 0 Å². The van der Waals surface area contributed by atoms with Crippen molar-refractivity contribution in [3.8, 4) is 0 Å². The molecule has 1 unspecified atom stereocenters. The normalized spacial score (nSPS) is 15.0. The van der Waals surface area contributed by atoms with E-state index in [0.717, 1.165) is 19.4 Å². The summed E-state index contributed by atoms with van der Waals surface area (Å²) in [5, 5.41) is 3.39. The van der Waals surface area contributed by atoms with Crippen LogP contribution in [0, 0.1) is 5.41 Å². The average molecular weight is 186 g/mol. The molecule has 0 aromatic rings. The van der Waals surface area contributed by atoms with E-state index in [1.807, 2.05) is 0 Å². The maximum absolute atomic E-state index is 6.16. The van der Waals surface area contributed by atoms with Crippen molar-refractivity contribution in [1.29, 1.82) is 0 Å². The fraction of sp³-hybridized carbons (Fsp3) is 1.00. The first kappa shape index (κ1) is 12.9. The molecule has 0 rings (SSSR count). The van der Waals surface area contributed by atoms with Crippen molar-refractivity contribution in [2.75, 3.05) is 6.54 Å². The molecule has 2 nitrogen and oxygen atoms in total. The van der Waals surface area contributed by atoms with Crippen molar-refractivity contribution in [1.82, 2.24) is 5.32 Å². The molecule has 0 saturated heterocycles. The van der Waals surface area contributed by atoms with Crippen LogP contribution in [0.3, 0.4) is 0 Å². The van der Waals surface area contributed by atoms with Crippen LogP contribution < -0.4 is 11.1 Å². The standard InChI is InChI=1S/C11H26N2/c1-6-11(5,7-2)10(12)8-13-9(3)4/h9-10,13H,6-8,12H2,1-5H3. The zero-order chi connectivity index (χ0) is 10.5. The van der Waals surface area contributed by atoms with Crippen molar-refractivity contribution in [2.24, 2.45) is 11.1 Å². The average Bonchev–Trinajstić information content (AvgIpc) is 2.12. The molecule has 0 amide bonds. The number of rotatable bonds is 6. The minimum absolute atomic E-state index is 0.268. The van der Waals surface area contributed by atoms with Gasteiger partial charge in [-0.15, -0.1) is 0 Å². The largest absolute Gasteiger partial charge is 0.326 e. The molecule has 1 atom stereocenters. The number of nitrogens with two attached hydrogens (primary N) is 1. The molecule has 0 saturated carbocycles. The summed E-state index contributed by atoms with van der Waals surface area (Å²) in [6, 6.07) is 0.800. The van der Waals surface area contributed by atoms with Crippen molar-refractivity contribution < 1.29 is 0 Å². The lowest BCUT2D eigenvalue weighted by Crippen LogP contribution is -2.47. The van der Waals surface area contributed by atoms with Crippen LogP contribution in [0.4, 0.5) is 0 Å². The van der Waals surface area contributed by atoms with E-state index >= 15 is 0 Å². The fourth-order valence-corrected chi connectivity index (χ4v) is 1.38. The lowest BCUT2D eigenvalue weighted by molar-refractivity contribution is 0.224. The summed E-state index contributed by atoms with van der Waals surface area (Å²) < 4.78 is 0. The molecule has 0 aliphatic rings. The smallest absolute Gasteiger partial charge is 0.0219 e. The molecule has 0 bridgehead atoms.